The van der Waals surface area contributed by atoms with Gasteiger partial charge >= 0.3 is 0 Å². The lowest BCUT2D eigenvalue weighted by Crippen LogP contribution is -2.40. The van der Waals surface area contributed by atoms with Crippen LogP contribution in [-0.4, -0.2) is 54.1 Å². The first-order valence-electron chi connectivity index (χ1n) is 8.13. The summed E-state index contributed by atoms with van der Waals surface area (Å²) in [6.45, 7) is 1.91. The van der Waals surface area contributed by atoms with Crippen molar-refractivity contribution in [2.75, 3.05) is 36.8 Å². The maximum absolute atomic E-state index is 12.0. The van der Waals surface area contributed by atoms with Crippen LogP contribution < -0.4 is 15.4 Å². The fourth-order valence-electron chi connectivity index (χ4n) is 2.47. The van der Waals surface area contributed by atoms with Gasteiger partial charge in [0.15, 0.2) is 5.82 Å². The first-order valence-corrected chi connectivity index (χ1v) is 9.57. The van der Waals surface area contributed by atoms with Crippen molar-refractivity contribution in [3.8, 4) is 0 Å². The van der Waals surface area contributed by atoms with Crippen LogP contribution in [0.1, 0.15) is 12.8 Å². The van der Waals surface area contributed by atoms with E-state index >= 15 is 0 Å². The van der Waals surface area contributed by atoms with Crippen LogP contribution in [0.5, 0.6) is 0 Å². The smallest absolute Gasteiger partial charge is 0.279 e. The minimum atomic E-state index is -3.36. The van der Waals surface area contributed by atoms with E-state index < -0.39 is 10.2 Å². The van der Waals surface area contributed by atoms with Crippen molar-refractivity contribution < 1.29 is 8.42 Å². The molecule has 3 N–H and O–H groups in total. The van der Waals surface area contributed by atoms with Crippen molar-refractivity contribution in [3.63, 3.8) is 0 Å². The third-order valence-corrected chi connectivity index (χ3v) is 5.33. The predicted octanol–water partition coefficient (Wildman–Crippen LogP) is 0.957. The quantitative estimate of drug-likeness (QED) is 0.599. The molecule has 0 unspecified atom stereocenters. The largest absolute Gasteiger partial charge is 0.367 e. The Morgan fingerprint density at radius 1 is 1.04 bits per heavy atom. The van der Waals surface area contributed by atoms with E-state index in [-0.39, 0.29) is 6.54 Å². The summed E-state index contributed by atoms with van der Waals surface area (Å²) < 4.78 is 28.1. The first kappa shape index (κ1) is 17.5. The molecule has 1 aliphatic heterocycles. The van der Waals surface area contributed by atoms with E-state index in [0.29, 0.717) is 31.3 Å². The van der Waals surface area contributed by atoms with Crippen molar-refractivity contribution in [1.82, 2.24) is 24.2 Å². The normalized spacial score (nSPS) is 15.2. The molecule has 0 radical (unpaired) electrons. The number of nitrogens with one attached hydrogen (secondary N) is 3. The van der Waals surface area contributed by atoms with E-state index in [9.17, 15) is 8.42 Å². The Hall–Kier alpha value is -2.30. The van der Waals surface area contributed by atoms with Crippen molar-refractivity contribution in [2.45, 2.75) is 12.8 Å². The van der Waals surface area contributed by atoms with Gasteiger partial charge in [-0.3, -0.25) is 4.98 Å². The minimum Gasteiger partial charge on any atom is -0.367 e. The molecule has 0 aliphatic carbocycles. The number of hydrogen-bond donors (Lipinski definition) is 3. The molecule has 2 aromatic heterocycles. The molecule has 134 valence electrons. The fraction of sp³-hybridized carbons (Fsp3) is 0.400. The van der Waals surface area contributed by atoms with Crippen LogP contribution in [0.4, 0.5) is 17.3 Å². The maximum atomic E-state index is 12.0. The second kappa shape index (κ2) is 8.19. The number of pyridine rings is 1. The minimum absolute atomic E-state index is 0.288. The van der Waals surface area contributed by atoms with Gasteiger partial charge in [0.05, 0.1) is 11.9 Å². The van der Waals surface area contributed by atoms with Crippen LogP contribution in [0.15, 0.2) is 36.7 Å². The molecule has 25 heavy (non-hydrogen) atoms. The molecule has 9 nitrogen and oxygen atoms in total. The Morgan fingerprint density at radius 3 is 2.48 bits per heavy atom. The van der Waals surface area contributed by atoms with Crippen LogP contribution >= 0.6 is 0 Å². The standard InChI is InChI=1S/C15H21N7O2S/c23-25(24,22-10-1-2-11-22)18-9-8-17-14-5-6-15(21-20-14)19-13-4-3-7-16-12-13/h3-7,12,18H,1-2,8-11H2,(H,17,20)(H,19,21). The Balaban J connectivity index is 1.43. The van der Waals surface area contributed by atoms with Crippen molar-refractivity contribution >= 4 is 27.5 Å². The Morgan fingerprint density at radius 2 is 1.80 bits per heavy atom. The topological polar surface area (TPSA) is 112 Å². The maximum Gasteiger partial charge on any atom is 0.279 e. The summed E-state index contributed by atoms with van der Waals surface area (Å²) in [6.07, 6.45) is 5.24. The Labute approximate surface area is 147 Å². The van der Waals surface area contributed by atoms with E-state index in [4.69, 9.17) is 0 Å². The van der Waals surface area contributed by atoms with E-state index in [1.54, 1.807) is 24.5 Å². The monoisotopic (exact) mass is 363 g/mol. The highest BCUT2D eigenvalue weighted by Crippen LogP contribution is 2.13. The lowest BCUT2D eigenvalue weighted by molar-refractivity contribution is 0.466. The summed E-state index contributed by atoms with van der Waals surface area (Å²) in [5.41, 5.74) is 0.828. The molecular formula is C15H21N7O2S. The lowest BCUT2D eigenvalue weighted by Gasteiger charge is -2.16. The molecule has 1 saturated heterocycles. The molecule has 1 fully saturated rings. The fourth-order valence-corrected chi connectivity index (χ4v) is 3.75. The third-order valence-electron chi connectivity index (χ3n) is 3.72. The van der Waals surface area contributed by atoms with Crippen LogP contribution in [-0.2, 0) is 10.2 Å². The molecule has 10 heteroatoms. The average molecular weight is 363 g/mol. The zero-order valence-corrected chi connectivity index (χ0v) is 14.5. The Bertz CT molecular complexity index is 762. The molecule has 0 bridgehead atoms. The van der Waals surface area contributed by atoms with Crippen LogP contribution in [0, 0.1) is 0 Å². The van der Waals surface area contributed by atoms with E-state index in [1.807, 2.05) is 12.1 Å². The predicted molar refractivity (Wildman–Crippen MR) is 95.8 cm³/mol. The van der Waals surface area contributed by atoms with Gasteiger partial charge in [0.2, 0.25) is 0 Å². The molecule has 3 heterocycles. The summed E-state index contributed by atoms with van der Waals surface area (Å²) in [6, 6.07) is 7.28. The molecule has 2 aromatic rings. The van der Waals surface area contributed by atoms with Gasteiger partial charge in [-0.1, -0.05) is 0 Å². The highest BCUT2D eigenvalue weighted by atomic mass is 32.2. The number of anilines is 3. The average Bonchev–Trinajstić information content (AvgIpc) is 3.17. The number of aromatic nitrogens is 3. The van der Waals surface area contributed by atoms with Crippen LogP contribution in [0.3, 0.4) is 0 Å². The summed E-state index contributed by atoms with van der Waals surface area (Å²) in [7, 11) is -3.36. The van der Waals surface area contributed by atoms with Gasteiger partial charge in [-0.2, -0.15) is 12.7 Å². The van der Waals surface area contributed by atoms with Gasteiger partial charge in [-0.15, -0.1) is 10.2 Å². The molecule has 0 aromatic carbocycles. The van der Waals surface area contributed by atoms with Gasteiger partial charge in [0.1, 0.15) is 5.82 Å². The molecule has 0 amide bonds. The number of rotatable bonds is 8. The van der Waals surface area contributed by atoms with E-state index in [1.165, 1.54) is 4.31 Å². The van der Waals surface area contributed by atoms with Gasteiger partial charge in [0, 0.05) is 32.4 Å². The molecular weight excluding hydrogens is 342 g/mol. The summed E-state index contributed by atoms with van der Waals surface area (Å²) in [5, 5.41) is 14.2. The summed E-state index contributed by atoms with van der Waals surface area (Å²) in [4.78, 5) is 4.01. The van der Waals surface area contributed by atoms with Crippen molar-refractivity contribution in [2.24, 2.45) is 0 Å². The third kappa shape index (κ3) is 5.08. The van der Waals surface area contributed by atoms with E-state index in [2.05, 4.69) is 30.5 Å². The SMILES string of the molecule is O=S(=O)(NCCNc1ccc(Nc2cccnc2)nn1)N1CCCC1. The van der Waals surface area contributed by atoms with Crippen molar-refractivity contribution in [1.29, 1.82) is 0 Å². The molecule has 0 atom stereocenters. The zero-order chi connectivity index (χ0) is 17.5. The molecule has 0 saturated carbocycles. The highest BCUT2D eigenvalue weighted by Gasteiger charge is 2.24. The zero-order valence-electron chi connectivity index (χ0n) is 13.7. The second-order valence-corrected chi connectivity index (χ2v) is 7.36. The first-order chi connectivity index (χ1) is 12.1. The van der Waals surface area contributed by atoms with Gasteiger partial charge in [-0.25, -0.2) is 4.72 Å². The molecule has 0 spiro atoms. The van der Waals surface area contributed by atoms with Crippen molar-refractivity contribution in [3.05, 3.63) is 36.7 Å². The van der Waals surface area contributed by atoms with Crippen LogP contribution in [0.25, 0.3) is 0 Å². The second-order valence-electron chi connectivity index (χ2n) is 5.60. The van der Waals surface area contributed by atoms with E-state index in [0.717, 1.165) is 18.5 Å². The summed E-state index contributed by atoms with van der Waals surface area (Å²) in [5.74, 6) is 1.19. The highest BCUT2D eigenvalue weighted by molar-refractivity contribution is 7.87. The summed E-state index contributed by atoms with van der Waals surface area (Å²) >= 11 is 0. The van der Waals surface area contributed by atoms with Gasteiger partial charge in [-0.05, 0) is 37.1 Å². The van der Waals surface area contributed by atoms with Gasteiger partial charge < -0.3 is 10.6 Å². The van der Waals surface area contributed by atoms with Crippen LogP contribution in [0.2, 0.25) is 0 Å². The number of nitrogens with zero attached hydrogens (tertiary/aromatic N) is 4. The lowest BCUT2D eigenvalue weighted by atomic mass is 10.4. The number of hydrogen-bond acceptors (Lipinski definition) is 7. The molecule has 1 aliphatic rings. The van der Waals surface area contributed by atoms with Gasteiger partial charge in [0.25, 0.3) is 10.2 Å². The Kier molecular flexibility index (Phi) is 5.74. The molecule has 3 rings (SSSR count).